The summed E-state index contributed by atoms with van der Waals surface area (Å²) >= 11 is 0. The van der Waals surface area contributed by atoms with Gasteiger partial charge in [-0.05, 0) is 109 Å². The Hall–Kier alpha value is -3.15. The van der Waals surface area contributed by atoms with Crippen molar-refractivity contribution in [2.24, 2.45) is 0 Å². The van der Waals surface area contributed by atoms with E-state index in [1.807, 2.05) is 0 Å². The van der Waals surface area contributed by atoms with E-state index in [0.717, 1.165) is 89.9 Å². The molecule has 0 aliphatic heterocycles. The van der Waals surface area contributed by atoms with E-state index in [4.69, 9.17) is 14.2 Å². The number of rotatable bonds is 63. The Bertz CT molecular complexity index is 1450. The number of carbonyl (C=O) groups excluding carboxylic acids is 3. The van der Waals surface area contributed by atoms with Gasteiger partial charge in [0.15, 0.2) is 6.10 Å². The van der Waals surface area contributed by atoms with Crippen LogP contribution in [0.1, 0.15) is 355 Å². The van der Waals surface area contributed by atoms with Crippen molar-refractivity contribution in [3.63, 3.8) is 0 Å². The Balaban J connectivity index is 4.26. The van der Waals surface area contributed by atoms with Crippen LogP contribution in [0.2, 0.25) is 0 Å². The molecule has 0 rings (SSSR count). The van der Waals surface area contributed by atoms with E-state index in [1.54, 1.807) is 0 Å². The SMILES string of the molecule is CC/C=C\C/C=C\C/C=C\CCCCCC(=O)OCC(COC(=O)CCCCCCCCCCCCCCCCC/C=C\CCCCCCCCCC)OC(=O)CCCCCCCCCCC/C=C\C/C=C\CCCCCCC. The fraction of sp³-hybridized carbons (Fsp3) is 0.795. The number of allylic oxidation sites excluding steroid dienone is 12. The number of esters is 3. The van der Waals surface area contributed by atoms with Crippen molar-refractivity contribution in [3.05, 3.63) is 72.9 Å². The average Bonchev–Trinajstić information content (AvgIpc) is 3.45. The van der Waals surface area contributed by atoms with E-state index < -0.39 is 6.10 Å². The van der Waals surface area contributed by atoms with Crippen LogP contribution in [-0.2, 0) is 28.6 Å². The molecule has 0 fully saturated rings. The Morgan fingerprint density at radius 2 is 0.494 bits per heavy atom. The summed E-state index contributed by atoms with van der Waals surface area (Å²) in [6.07, 6.45) is 87.9. The highest BCUT2D eigenvalue weighted by atomic mass is 16.6. The minimum atomic E-state index is -0.791. The van der Waals surface area contributed by atoms with Gasteiger partial charge in [-0.2, -0.15) is 0 Å². The van der Waals surface area contributed by atoms with Crippen LogP contribution in [0.4, 0.5) is 0 Å². The van der Waals surface area contributed by atoms with E-state index in [9.17, 15) is 14.4 Å². The van der Waals surface area contributed by atoms with Crippen LogP contribution >= 0.6 is 0 Å². The lowest BCUT2D eigenvalue weighted by atomic mass is 10.0. The number of unbranched alkanes of at least 4 members (excludes halogenated alkanes) is 40. The normalized spacial score (nSPS) is 12.5. The second-order valence-electron chi connectivity index (χ2n) is 23.1. The Labute approximate surface area is 491 Å². The molecule has 0 N–H and O–H groups in total. The molecular formula is C73H130O6. The number of ether oxygens (including phenoxy) is 3. The topological polar surface area (TPSA) is 78.9 Å². The van der Waals surface area contributed by atoms with Crippen LogP contribution in [0.5, 0.6) is 0 Å². The van der Waals surface area contributed by atoms with E-state index in [1.165, 1.54) is 225 Å². The zero-order valence-corrected chi connectivity index (χ0v) is 52.6. The summed E-state index contributed by atoms with van der Waals surface area (Å²) in [7, 11) is 0. The van der Waals surface area contributed by atoms with Gasteiger partial charge in [0.25, 0.3) is 0 Å². The van der Waals surface area contributed by atoms with E-state index in [-0.39, 0.29) is 31.1 Å². The summed E-state index contributed by atoms with van der Waals surface area (Å²) in [5, 5.41) is 0. The van der Waals surface area contributed by atoms with Gasteiger partial charge >= 0.3 is 17.9 Å². The van der Waals surface area contributed by atoms with Crippen molar-refractivity contribution in [1.82, 2.24) is 0 Å². The van der Waals surface area contributed by atoms with Crippen LogP contribution in [0.15, 0.2) is 72.9 Å². The zero-order valence-electron chi connectivity index (χ0n) is 52.6. The summed E-state index contributed by atoms with van der Waals surface area (Å²) in [5.74, 6) is -0.902. The maximum atomic E-state index is 12.9. The van der Waals surface area contributed by atoms with Crippen molar-refractivity contribution < 1.29 is 28.6 Å². The minimum absolute atomic E-state index is 0.0842. The summed E-state index contributed by atoms with van der Waals surface area (Å²) in [4.78, 5) is 38.4. The zero-order chi connectivity index (χ0) is 57.1. The largest absolute Gasteiger partial charge is 0.462 e. The predicted molar refractivity (Wildman–Crippen MR) is 344 cm³/mol. The third-order valence-electron chi connectivity index (χ3n) is 15.2. The molecule has 6 nitrogen and oxygen atoms in total. The molecule has 0 heterocycles. The van der Waals surface area contributed by atoms with E-state index >= 15 is 0 Å². The molecule has 0 aliphatic carbocycles. The molecule has 0 radical (unpaired) electrons. The van der Waals surface area contributed by atoms with Gasteiger partial charge < -0.3 is 14.2 Å². The van der Waals surface area contributed by atoms with Gasteiger partial charge in [-0.1, -0.05) is 299 Å². The minimum Gasteiger partial charge on any atom is -0.462 e. The molecule has 0 aromatic heterocycles. The summed E-state index contributed by atoms with van der Waals surface area (Å²) in [6.45, 7) is 6.53. The third-order valence-corrected chi connectivity index (χ3v) is 15.2. The monoisotopic (exact) mass is 1100 g/mol. The average molecular weight is 1100 g/mol. The van der Waals surface area contributed by atoms with Crippen LogP contribution in [-0.4, -0.2) is 37.2 Å². The summed E-state index contributed by atoms with van der Waals surface area (Å²) < 4.78 is 16.9. The van der Waals surface area contributed by atoms with Gasteiger partial charge in [0.05, 0.1) is 0 Å². The summed E-state index contributed by atoms with van der Waals surface area (Å²) in [6, 6.07) is 0. The second kappa shape index (κ2) is 67.4. The summed E-state index contributed by atoms with van der Waals surface area (Å²) in [5.41, 5.74) is 0. The predicted octanol–water partition coefficient (Wildman–Crippen LogP) is 23.7. The van der Waals surface area contributed by atoms with E-state index in [0.29, 0.717) is 19.3 Å². The molecule has 0 aliphatic rings. The lowest BCUT2D eigenvalue weighted by molar-refractivity contribution is -0.167. The first-order valence-electron chi connectivity index (χ1n) is 34.4. The standard InChI is InChI=1S/C73H130O6/c1-4-7-10-13-16-19-22-25-27-29-31-33-34-35-36-37-38-40-41-43-45-48-51-54-57-60-63-66-72(75)78-69-70(68-77-71(74)65-62-59-56-53-50-47-24-21-18-15-12-9-6-3)79-73(76)67-64-61-58-55-52-49-46-44-42-39-32-30-28-26-23-20-17-14-11-8-5-2/h9,12,18,21,23,26,29-32,47,50,70H,4-8,10-11,13-17,19-20,22,24-25,27-28,33-46,48-49,51-69H2,1-3H3/b12-9-,21-18-,26-23-,31-29-,32-30-,50-47-. The lowest BCUT2D eigenvalue weighted by Crippen LogP contribution is -2.30. The molecular weight excluding hydrogens is 973 g/mol. The molecule has 0 saturated heterocycles. The highest BCUT2D eigenvalue weighted by molar-refractivity contribution is 5.71. The highest BCUT2D eigenvalue weighted by Gasteiger charge is 2.19. The van der Waals surface area contributed by atoms with Crippen molar-refractivity contribution >= 4 is 17.9 Å². The van der Waals surface area contributed by atoms with Gasteiger partial charge in [-0.15, -0.1) is 0 Å². The van der Waals surface area contributed by atoms with Crippen molar-refractivity contribution in [1.29, 1.82) is 0 Å². The smallest absolute Gasteiger partial charge is 0.306 e. The van der Waals surface area contributed by atoms with Crippen molar-refractivity contribution in [3.8, 4) is 0 Å². The Morgan fingerprint density at radius 3 is 0.797 bits per heavy atom. The molecule has 79 heavy (non-hydrogen) atoms. The first-order valence-corrected chi connectivity index (χ1v) is 34.4. The fourth-order valence-corrected chi connectivity index (χ4v) is 10.0. The molecule has 0 spiro atoms. The number of hydrogen-bond donors (Lipinski definition) is 0. The molecule has 6 heteroatoms. The van der Waals surface area contributed by atoms with Crippen LogP contribution in [0.25, 0.3) is 0 Å². The highest BCUT2D eigenvalue weighted by Crippen LogP contribution is 2.17. The second-order valence-corrected chi connectivity index (χ2v) is 23.1. The number of carbonyl (C=O) groups is 3. The van der Waals surface area contributed by atoms with Crippen LogP contribution in [0, 0.1) is 0 Å². The van der Waals surface area contributed by atoms with Crippen LogP contribution in [0.3, 0.4) is 0 Å². The van der Waals surface area contributed by atoms with Gasteiger partial charge in [-0.3, -0.25) is 14.4 Å². The molecule has 458 valence electrons. The molecule has 0 bridgehead atoms. The first kappa shape index (κ1) is 75.8. The first-order chi connectivity index (χ1) is 39.0. The van der Waals surface area contributed by atoms with E-state index in [2.05, 4.69) is 93.7 Å². The molecule has 0 aromatic carbocycles. The molecule has 0 aromatic rings. The lowest BCUT2D eigenvalue weighted by Gasteiger charge is -2.18. The Kier molecular flexibility index (Phi) is 64.7. The quantitative estimate of drug-likeness (QED) is 0.0261. The maximum Gasteiger partial charge on any atom is 0.306 e. The molecule has 1 atom stereocenters. The Morgan fingerprint density at radius 1 is 0.266 bits per heavy atom. The maximum absolute atomic E-state index is 12.9. The molecule has 0 amide bonds. The van der Waals surface area contributed by atoms with Crippen molar-refractivity contribution in [2.45, 2.75) is 361 Å². The molecule has 0 saturated carbocycles. The van der Waals surface area contributed by atoms with Crippen LogP contribution < -0.4 is 0 Å². The third kappa shape index (κ3) is 65.5. The van der Waals surface area contributed by atoms with Gasteiger partial charge in [-0.25, -0.2) is 0 Å². The number of hydrogen-bond acceptors (Lipinski definition) is 6. The van der Waals surface area contributed by atoms with Gasteiger partial charge in [0, 0.05) is 19.3 Å². The fourth-order valence-electron chi connectivity index (χ4n) is 10.0. The van der Waals surface area contributed by atoms with Gasteiger partial charge in [0.1, 0.15) is 13.2 Å². The van der Waals surface area contributed by atoms with Crippen molar-refractivity contribution in [2.75, 3.05) is 13.2 Å². The molecule has 1 unspecified atom stereocenters. The van der Waals surface area contributed by atoms with Gasteiger partial charge in [0.2, 0.25) is 0 Å².